The second-order valence-corrected chi connectivity index (χ2v) is 13.0. The number of hydrogen-bond donors (Lipinski definition) is 5. The normalized spacial score (nSPS) is 12.7. The topological polar surface area (TPSA) is 163 Å². The standard InChI is InChI=1S/C35H39N5O6S/c1-34(2,3)46-33(45)40-29(31(42)37-21-30(41)39-28(32(43)44)19-27-20-36-23-38-27)22-47-35(24-13-7-4-8-14-24,25-15-9-5-10-16-25)26-17-11-6-12-18-26/h4-18,20,23,28-29H,19,21-22H2,1-3H3,(H,36,38)(H,37,42)(H,39,41)(H,40,45)(H,43,44)/t28-,29+/m0/s1. The molecule has 0 aliphatic heterocycles. The van der Waals surface area contributed by atoms with Crippen LogP contribution in [0.3, 0.4) is 0 Å². The van der Waals surface area contributed by atoms with Gasteiger partial charge in [0.25, 0.3) is 0 Å². The molecule has 2 atom stereocenters. The maximum atomic E-state index is 13.6. The van der Waals surface area contributed by atoms with Gasteiger partial charge in [-0.2, -0.15) is 0 Å². The van der Waals surface area contributed by atoms with Crippen molar-refractivity contribution < 1.29 is 29.0 Å². The fraction of sp³-hybridized carbons (Fsp3) is 0.286. The average Bonchev–Trinajstić information content (AvgIpc) is 3.57. The molecule has 4 aromatic rings. The number of aromatic nitrogens is 2. The SMILES string of the molecule is CC(C)(C)OC(=O)N[C@H](CSC(c1ccccc1)(c1ccccc1)c1ccccc1)C(=O)NCC(=O)N[C@@H](Cc1cnc[nH]1)C(=O)O. The highest BCUT2D eigenvalue weighted by molar-refractivity contribution is 8.00. The van der Waals surface area contributed by atoms with Gasteiger partial charge in [-0.3, -0.25) is 9.59 Å². The Morgan fingerprint density at radius 1 is 0.830 bits per heavy atom. The third kappa shape index (κ3) is 9.69. The zero-order chi connectivity index (χ0) is 33.9. The summed E-state index contributed by atoms with van der Waals surface area (Å²) in [6, 6.07) is 27.3. The summed E-state index contributed by atoms with van der Waals surface area (Å²) in [7, 11) is 0. The Kier molecular flexibility index (Phi) is 11.8. The lowest BCUT2D eigenvalue weighted by Gasteiger charge is -2.36. The number of amides is 3. The number of carbonyl (C=O) groups is 4. The lowest BCUT2D eigenvalue weighted by Crippen LogP contribution is -2.53. The van der Waals surface area contributed by atoms with E-state index in [1.807, 2.05) is 91.0 Å². The Bertz CT molecular complexity index is 1520. The van der Waals surface area contributed by atoms with Crippen LogP contribution in [0.5, 0.6) is 0 Å². The van der Waals surface area contributed by atoms with Crippen LogP contribution in [-0.4, -0.2) is 68.9 Å². The van der Waals surface area contributed by atoms with E-state index in [0.717, 1.165) is 16.7 Å². The van der Waals surface area contributed by atoms with Gasteiger partial charge in [-0.25, -0.2) is 14.6 Å². The largest absolute Gasteiger partial charge is 0.480 e. The monoisotopic (exact) mass is 657 g/mol. The Hall–Kier alpha value is -5.10. The first kappa shape index (κ1) is 34.8. The number of imidazole rings is 1. The zero-order valence-electron chi connectivity index (χ0n) is 26.4. The number of aliphatic carboxylic acids is 1. The molecule has 0 saturated carbocycles. The third-order valence-corrected chi connectivity index (χ3v) is 8.69. The second kappa shape index (κ2) is 15.9. The Balaban J connectivity index is 1.59. The van der Waals surface area contributed by atoms with Gasteiger partial charge in [0.15, 0.2) is 0 Å². The molecule has 0 saturated heterocycles. The van der Waals surface area contributed by atoms with Crippen LogP contribution in [0.2, 0.25) is 0 Å². The Morgan fingerprint density at radius 2 is 1.36 bits per heavy atom. The number of carboxylic acid groups (broad SMARTS) is 1. The smallest absolute Gasteiger partial charge is 0.408 e. The van der Waals surface area contributed by atoms with E-state index in [9.17, 15) is 24.3 Å². The molecular formula is C35H39N5O6S. The molecule has 0 bridgehead atoms. The van der Waals surface area contributed by atoms with E-state index in [1.165, 1.54) is 24.3 Å². The van der Waals surface area contributed by atoms with Gasteiger partial charge in [-0.15, -0.1) is 11.8 Å². The van der Waals surface area contributed by atoms with E-state index >= 15 is 0 Å². The van der Waals surface area contributed by atoms with Crippen LogP contribution in [0.25, 0.3) is 0 Å². The van der Waals surface area contributed by atoms with Crippen molar-refractivity contribution in [2.75, 3.05) is 12.3 Å². The number of rotatable bonds is 14. The molecule has 0 fully saturated rings. The highest BCUT2D eigenvalue weighted by Gasteiger charge is 2.39. The molecule has 4 rings (SSSR count). The summed E-state index contributed by atoms with van der Waals surface area (Å²) in [5.41, 5.74) is 2.61. The Morgan fingerprint density at radius 3 is 1.81 bits per heavy atom. The first-order valence-electron chi connectivity index (χ1n) is 15.0. The number of aromatic amines is 1. The zero-order valence-corrected chi connectivity index (χ0v) is 27.3. The predicted octanol–water partition coefficient (Wildman–Crippen LogP) is 4.26. The number of alkyl carbamates (subject to hydrolysis) is 1. The molecule has 47 heavy (non-hydrogen) atoms. The van der Waals surface area contributed by atoms with E-state index in [-0.39, 0.29) is 12.2 Å². The van der Waals surface area contributed by atoms with E-state index in [0.29, 0.717) is 5.69 Å². The number of hydrogen-bond acceptors (Lipinski definition) is 7. The van der Waals surface area contributed by atoms with Crippen LogP contribution >= 0.6 is 11.8 Å². The minimum Gasteiger partial charge on any atom is -0.480 e. The van der Waals surface area contributed by atoms with Gasteiger partial charge >= 0.3 is 12.1 Å². The van der Waals surface area contributed by atoms with Crippen molar-refractivity contribution in [1.29, 1.82) is 0 Å². The molecule has 1 heterocycles. The van der Waals surface area contributed by atoms with Crippen molar-refractivity contribution in [3.8, 4) is 0 Å². The summed E-state index contributed by atoms with van der Waals surface area (Å²) in [6.07, 6.45) is 2.07. The molecule has 5 N–H and O–H groups in total. The summed E-state index contributed by atoms with van der Waals surface area (Å²) in [6.45, 7) is 4.64. The van der Waals surface area contributed by atoms with Gasteiger partial charge in [0.1, 0.15) is 17.7 Å². The summed E-state index contributed by atoms with van der Waals surface area (Å²) in [5, 5.41) is 17.3. The predicted molar refractivity (Wildman–Crippen MR) is 180 cm³/mol. The highest BCUT2D eigenvalue weighted by atomic mass is 32.2. The molecule has 3 aromatic carbocycles. The lowest BCUT2D eigenvalue weighted by atomic mass is 9.84. The molecule has 0 aliphatic carbocycles. The number of benzene rings is 3. The number of nitrogens with one attached hydrogen (secondary N) is 4. The van der Waals surface area contributed by atoms with Gasteiger partial charge in [-0.1, -0.05) is 91.0 Å². The molecule has 0 aliphatic rings. The minimum absolute atomic E-state index is 0.0188. The van der Waals surface area contributed by atoms with Crippen molar-refractivity contribution >= 4 is 35.6 Å². The van der Waals surface area contributed by atoms with Gasteiger partial charge in [-0.05, 0) is 37.5 Å². The van der Waals surface area contributed by atoms with Crippen LogP contribution < -0.4 is 16.0 Å². The molecule has 0 unspecified atom stereocenters. The third-order valence-electron chi connectivity index (χ3n) is 7.05. The van der Waals surface area contributed by atoms with Gasteiger partial charge in [0, 0.05) is 24.1 Å². The molecule has 11 nitrogen and oxygen atoms in total. The van der Waals surface area contributed by atoms with Crippen LogP contribution in [-0.2, 0) is 30.3 Å². The number of carboxylic acids is 1. The quantitative estimate of drug-likeness (QED) is 0.126. The molecular weight excluding hydrogens is 618 g/mol. The summed E-state index contributed by atoms with van der Waals surface area (Å²) < 4.78 is 4.69. The number of H-pyrrole nitrogens is 1. The van der Waals surface area contributed by atoms with Crippen LogP contribution in [0.1, 0.15) is 43.2 Å². The second-order valence-electron chi connectivity index (χ2n) is 11.7. The van der Waals surface area contributed by atoms with Gasteiger partial charge < -0.3 is 30.8 Å². The maximum absolute atomic E-state index is 13.6. The fourth-order valence-electron chi connectivity index (χ4n) is 4.96. The summed E-state index contributed by atoms with van der Waals surface area (Å²) in [4.78, 5) is 57.8. The van der Waals surface area contributed by atoms with Crippen molar-refractivity contribution in [2.45, 2.75) is 49.6 Å². The number of nitrogens with zero attached hydrogens (tertiary/aromatic N) is 1. The lowest BCUT2D eigenvalue weighted by molar-refractivity contribution is -0.141. The molecule has 0 spiro atoms. The van der Waals surface area contributed by atoms with Gasteiger partial charge in [0.05, 0.1) is 17.6 Å². The first-order chi connectivity index (χ1) is 22.5. The van der Waals surface area contributed by atoms with Crippen molar-refractivity contribution in [3.05, 3.63) is 126 Å². The van der Waals surface area contributed by atoms with E-state index in [1.54, 1.807) is 20.8 Å². The van der Waals surface area contributed by atoms with E-state index in [4.69, 9.17) is 4.74 Å². The number of ether oxygens (including phenoxy) is 1. The van der Waals surface area contributed by atoms with E-state index < -0.39 is 52.9 Å². The maximum Gasteiger partial charge on any atom is 0.408 e. The number of carbonyl (C=O) groups excluding carboxylic acids is 3. The van der Waals surface area contributed by atoms with Crippen molar-refractivity contribution in [1.82, 2.24) is 25.9 Å². The van der Waals surface area contributed by atoms with Gasteiger partial charge in [0.2, 0.25) is 11.8 Å². The van der Waals surface area contributed by atoms with Crippen molar-refractivity contribution in [3.63, 3.8) is 0 Å². The molecule has 246 valence electrons. The van der Waals surface area contributed by atoms with Crippen LogP contribution in [0, 0.1) is 0 Å². The van der Waals surface area contributed by atoms with Crippen LogP contribution in [0.15, 0.2) is 104 Å². The van der Waals surface area contributed by atoms with Crippen LogP contribution in [0.4, 0.5) is 4.79 Å². The highest BCUT2D eigenvalue weighted by Crippen LogP contribution is 2.48. The molecule has 1 aromatic heterocycles. The number of thioether (sulfide) groups is 1. The summed E-state index contributed by atoms with van der Waals surface area (Å²) in [5.74, 6) is -2.49. The average molecular weight is 658 g/mol. The molecule has 3 amide bonds. The molecule has 12 heteroatoms. The Labute approximate surface area is 277 Å². The summed E-state index contributed by atoms with van der Waals surface area (Å²) >= 11 is 1.46. The molecule has 0 radical (unpaired) electrons. The van der Waals surface area contributed by atoms with Crippen molar-refractivity contribution in [2.24, 2.45) is 0 Å². The van der Waals surface area contributed by atoms with E-state index in [2.05, 4.69) is 25.9 Å². The minimum atomic E-state index is -1.24. The first-order valence-corrected chi connectivity index (χ1v) is 16.0. The fourth-order valence-corrected chi connectivity index (χ4v) is 6.52.